The number of aromatic nitrogens is 1. The van der Waals surface area contributed by atoms with Gasteiger partial charge in [-0.05, 0) is 12.1 Å². The zero-order chi connectivity index (χ0) is 14.4. The Morgan fingerprint density at radius 2 is 2.10 bits per heavy atom. The topological polar surface area (TPSA) is 86.4 Å². The fraction of sp³-hybridized carbons (Fsp3) is 0.462. The highest BCUT2D eigenvalue weighted by Gasteiger charge is 2.11. The number of rotatable bonds is 4. The van der Waals surface area contributed by atoms with Crippen molar-refractivity contribution >= 4 is 23.3 Å². The maximum absolute atomic E-state index is 11.5. The van der Waals surface area contributed by atoms with Gasteiger partial charge in [-0.2, -0.15) is 0 Å². The summed E-state index contributed by atoms with van der Waals surface area (Å²) in [6.07, 6.45) is 1.75. The molecule has 1 aliphatic heterocycles. The van der Waals surface area contributed by atoms with E-state index in [2.05, 4.69) is 25.8 Å². The highest BCUT2D eigenvalue weighted by atomic mass is 16.2. The average Bonchev–Trinajstić information content (AvgIpc) is 2.47. The predicted molar refractivity (Wildman–Crippen MR) is 76.6 cm³/mol. The molecule has 1 aromatic heterocycles. The highest BCUT2D eigenvalue weighted by Crippen LogP contribution is 2.15. The SMILES string of the molecule is CC(=O)NCC(=O)Nc1ccc(N2CCNCC2)cn1. The predicted octanol–water partition coefficient (Wildman–Crippen LogP) is -0.434. The number of carbonyl (C=O) groups is 2. The summed E-state index contributed by atoms with van der Waals surface area (Å²) in [6.45, 7) is 5.17. The quantitative estimate of drug-likeness (QED) is 0.695. The van der Waals surface area contributed by atoms with Crippen molar-refractivity contribution in [2.24, 2.45) is 0 Å². The Bertz CT molecular complexity index is 468. The number of nitrogens with one attached hydrogen (secondary N) is 3. The molecule has 2 rings (SSSR count). The lowest BCUT2D eigenvalue weighted by molar-refractivity contribution is -0.122. The minimum Gasteiger partial charge on any atom is -0.368 e. The zero-order valence-corrected chi connectivity index (χ0v) is 11.5. The standard InChI is InChI=1S/C13H19N5O2/c1-10(19)15-9-13(20)17-12-3-2-11(8-16-12)18-6-4-14-5-7-18/h2-3,8,14H,4-7,9H2,1H3,(H,15,19)(H,16,17,20). The number of piperazine rings is 1. The molecule has 20 heavy (non-hydrogen) atoms. The molecule has 3 N–H and O–H groups in total. The maximum atomic E-state index is 11.5. The highest BCUT2D eigenvalue weighted by molar-refractivity contribution is 5.93. The van der Waals surface area contributed by atoms with Crippen LogP contribution < -0.4 is 20.9 Å². The monoisotopic (exact) mass is 277 g/mol. The molecule has 0 aliphatic carbocycles. The van der Waals surface area contributed by atoms with Gasteiger partial charge in [-0.3, -0.25) is 9.59 Å². The molecular formula is C13H19N5O2. The molecule has 0 aromatic carbocycles. The van der Waals surface area contributed by atoms with Gasteiger partial charge in [0.05, 0.1) is 18.4 Å². The van der Waals surface area contributed by atoms with Crippen LogP contribution in [0.4, 0.5) is 11.5 Å². The van der Waals surface area contributed by atoms with Crippen LogP contribution in [0, 0.1) is 0 Å². The van der Waals surface area contributed by atoms with Crippen molar-refractivity contribution in [3.63, 3.8) is 0 Å². The summed E-state index contributed by atoms with van der Waals surface area (Å²) < 4.78 is 0. The second-order valence-electron chi connectivity index (χ2n) is 4.60. The molecule has 0 bridgehead atoms. The van der Waals surface area contributed by atoms with E-state index in [0.29, 0.717) is 5.82 Å². The number of hydrogen-bond donors (Lipinski definition) is 3. The fourth-order valence-corrected chi connectivity index (χ4v) is 1.96. The van der Waals surface area contributed by atoms with Gasteiger partial charge in [0.1, 0.15) is 5.82 Å². The molecule has 7 heteroatoms. The van der Waals surface area contributed by atoms with Crippen molar-refractivity contribution in [1.82, 2.24) is 15.6 Å². The van der Waals surface area contributed by atoms with E-state index >= 15 is 0 Å². The van der Waals surface area contributed by atoms with Crippen molar-refractivity contribution in [3.8, 4) is 0 Å². The third kappa shape index (κ3) is 4.20. The van der Waals surface area contributed by atoms with E-state index < -0.39 is 0 Å². The lowest BCUT2D eigenvalue weighted by Gasteiger charge is -2.29. The van der Waals surface area contributed by atoms with E-state index in [4.69, 9.17) is 0 Å². The molecule has 0 spiro atoms. The van der Waals surface area contributed by atoms with Crippen molar-refractivity contribution in [3.05, 3.63) is 18.3 Å². The van der Waals surface area contributed by atoms with Crippen molar-refractivity contribution in [2.75, 3.05) is 42.9 Å². The number of hydrogen-bond acceptors (Lipinski definition) is 5. The van der Waals surface area contributed by atoms with Gasteiger partial charge >= 0.3 is 0 Å². The van der Waals surface area contributed by atoms with Crippen LogP contribution in [0.5, 0.6) is 0 Å². The van der Waals surface area contributed by atoms with E-state index in [9.17, 15) is 9.59 Å². The molecule has 1 saturated heterocycles. The third-order valence-electron chi connectivity index (χ3n) is 3.00. The summed E-state index contributed by atoms with van der Waals surface area (Å²) in [5.41, 5.74) is 1.05. The van der Waals surface area contributed by atoms with Gasteiger partial charge in [-0.1, -0.05) is 0 Å². The van der Waals surface area contributed by atoms with Crippen molar-refractivity contribution in [2.45, 2.75) is 6.92 Å². The molecule has 7 nitrogen and oxygen atoms in total. The number of carbonyl (C=O) groups excluding carboxylic acids is 2. The Labute approximate surface area is 117 Å². The molecule has 0 radical (unpaired) electrons. The first-order valence-corrected chi connectivity index (χ1v) is 6.61. The van der Waals surface area contributed by atoms with Crippen LogP contribution in [0.3, 0.4) is 0 Å². The Morgan fingerprint density at radius 3 is 2.70 bits per heavy atom. The molecule has 0 saturated carbocycles. The Morgan fingerprint density at radius 1 is 1.35 bits per heavy atom. The largest absolute Gasteiger partial charge is 0.368 e. The van der Waals surface area contributed by atoms with Crippen LogP contribution in [-0.2, 0) is 9.59 Å². The van der Waals surface area contributed by atoms with Gasteiger partial charge in [0, 0.05) is 33.1 Å². The first-order valence-electron chi connectivity index (χ1n) is 6.61. The lowest BCUT2D eigenvalue weighted by Crippen LogP contribution is -2.43. The lowest BCUT2D eigenvalue weighted by atomic mass is 10.3. The number of anilines is 2. The summed E-state index contributed by atoms with van der Waals surface area (Å²) in [6, 6.07) is 3.70. The molecule has 0 unspecified atom stereocenters. The molecule has 1 aromatic rings. The average molecular weight is 277 g/mol. The second kappa shape index (κ2) is 6.85. The normalized spacial score (nSPS) is 14.8. The summed E-state index contributed by atoms with van der Waals surface area (Å²) in [5.74, 6) is -0.0379. The van der Waals surface area contributed by atoms with Gasteiger partial charge in [0.15, 0.2) is 0 Å². The Kier molecular flexibility index (Phi) is 4.89. The Balaban J connectivity index is 1.87. The molecule has 2 amide bonds. The van der Waals surface area contributed by atoms with Crippen LogP contribution in [-0.4, -0.2) is 49.5 Å². The number of nitrogens with zero attached hydrogens (tertiary/aromatic N) is 2. The van der Waals surface area contributed by atoms with Gasteiger partial charge in [-0.15, -0.1) is 0 Å². The number of pyridine rings is 1. The van der Waals surface area contributed by atoms with Crippen LogP contribution in [0.15, 0.2) is 18.3 Å². The van der Waals surface area contributed by atoms with Crippen LogP contribution in [0.2, 0.25) is 0 Å². The van der Waals surface area contributed by atoms with E-state index in [1.165, 1.54) is 6.92 Å². The summed E-state index contributed by atoms with van der Waals surface area (Å²) >= 11 is 0. The number of amides is 2. The molecule has 0 atom stereocenters. The van der Waals surface area contributed by atoms with Crippen molar-refractivity contribution in [1.29, 1.82) is 0 Å². The van der Waals surface area contributed by atoms with E-state index in [-0.39, 0.29) is 18.4 Å². The van der Waals surface area contributed by atoms with Gasteiger partial charge in [-0.25, -0.2) is 4.98 Å². The summed E-state index contributed by atoms with van der Waals surface area (Å²) in [4.78, 5) is 28.7. The van der Waals surface area contributed by atoms with E-state index in [1.54, 1.807) is 12.3 Å². The van der Waals surface area contributed by atoms with E-state index in [0.717, 1.165) is 31.9 Å². The van der Waals surface area contributed by atoms with E-state index in [1.807, 2.05) is 6.07 Å². The van der Waals surface area contributed by atoms with Crippen molar-refractivity contribution < 1.29 is 9.59 Å². The molecular weight excluding hydrogens is 258 g/mol. The zero-order valence-electron chi connectivity index (χ0n) is 11.5. The first-order chi connectivity index (χ1) is 9.65. The summed E-state index contributed by atoms with van der Waals surface area (Å²) in [7, 11) is 0. The minimum absolute atomic E-state index is 0.0451. The molecule has 2 heterocycles. The molecule has 108 valence electrons. The minimum atomic E-state index is -0.289. The van der Waals surface area contributed by atoms with Gasteiger partial charge in [0.2, 0.25) is 11.8 Å². The van der Waals surface area contributed by atoms with Crippen LogP contribution in [0.25, 0.3) is 0 Å². The second-order valence-corrected chi connectivity index (χ2v) is 4.60. The molecule has 1 aliphatic rings. The van der Waals surface area contributed by atoms with Crippen LogP contribution in [0.1, 0.15) is 6.92 Å². The smallest absolute Gasteiger partial charge is 0.244 e. The first kappa shape index (κ1) is 14.3. The Hall–Kier alpha value is -2.15. The maximum Gasteiger partial charge on any atom is 0.244 e. The third-order valence-corrected chi connectivity index (χ3v) is 3.00. The summed E-state index contributed by atoms with van der Waals surface area (Å²) in [5, 5.41) is 8.36. The molecule has 1 fully saturated rings. The van der Waals surface area contributed by atoms with Gasteiger partial charge in [0.25, 0.3) is 0 Å². The van der Waals surface area contributed by atoms with Crippen LogP contribution >= 0.6 is 0 Å². The fourth-order valence-electron chi connectivity index (χ4n) is 1.96. The van der Waals surface area contributed by atoms with Gasteiger partial charge < -0.3 is 20.9 Å².